The third kappa shape index (κ3) is 5.05. The van der Waals surface area contributed by atoms with Crippen LogP contribution in [0.15, 0.2) is 29.3 Å². The van der Waals surface area contributed by atoms with Crippen LogP contribution in [0.1, 0.15) is 30.9 Å². The molecular weight excluding hydrogens is 440 g/mol. The van der Waals surface area contributed by atoms with Crippen molar-refractivity contribution in [2.75, 3.05) is 29.9 Å². The van der Waals surface area contributed by atoms with Crippen molar-refractivity contribution in [3.05, 3.63) is 46.0 Å². The number of carbonyl (C=O) groups is 2. The summed E-state index contributed by atoms with van der Waals surface area (Å²) in [7, 11) is 0. The quantitative estimate of drug-likeness (QED) is 0.575. The van der Waals surface area contributed by atoms with Crippen LogP contribution in [0.4, 0.5) is 10.8 Å². The summed E-state index contributed by atoms with van der Waals surface area (Å²) in [6.07, 6.45) is 2.87. The summed E-state index contributed by atoms with van der Waals surface area (Å²) >= 11 is 1.29. The first-order chi connectivity index (χ1) is 15.9. The minimum absolute atomic E-state index is 0.0153. The summed E-state index contributed by atoms with van der Waals surface area (Å²) < 4.78 is 1.74. The number of thiazole rings is 1. The van der Waals surface area contributed by atoms with Crippen LogP contribution >= 0.6 is 11.3 Å². The zero-order valence-corrected chi connectivity index (χ0v) is 19.9. The number of piperidine rings is 1. The number of nitrogens with zero attached hydrogens (tertiary/aromatic N) is 4. The first-order valence-electron chi connectivity index (χ1n) is 11.1. The van der Waals surface area contributed by atoms with Gasteiger partial charge in [-0.1, -0.05) is 23.5 Å². The number of carbonyl (C=O) groups excluding carboxylic acids is 2. The third-order valence-corrected chi connectivity index (χ3v) is 6.93. The van der Waals surface area contributed by atoms with E-state index in [0.717, 1.165) is 34.8 Å². The number of nitrogens with one attached hydrogen (secondary N) is 2. The Morgan fingerprint density at radius 2 is 1.97 bits per heavy atom. The van der Waals surface area contributed by atoms with E-state index in [1.165, 1.54) is 22.2 Å². The largest absolute Gasteiger partial charge is 0.356 e. The molecule has 0 aliphatic carbocycles. The Morgan fingerprint density at radius 3 is 2.70 bits per heavy atom. The summed E-state index contributed by atoms with van der Waals surface area (Å²) in [6, 6.07) is 5.84. The first-order valence-corrected chi connectivity index (χ1v) is 11.9. The smallest absolute Gasteiger partial charge is 0.273 e. The van der Waals surface area contributed by atoms with Gasteiger partial charge in [-0.05, 0) is 50.8 Å². The molecule has 33 heavy (non-hydrogen) atoms. The standard InChI is InChI=1S/C23H28N6O3S/c1-4-24-21(31)16-7-9-28(10-8-16)23-27-20-19(33-23)22(32)29(13-25-20)12-18(30)26-17-11-14(2)5-6-15(17)3/h5-6,11,13,16H,4,7-10,12H2,1-3H3,(H,24,31)(H,26,30). The summed E-state index contributed by atoms with van der Waals surface area (Å²) in [5.41, 5.74) is 2.84. The number of anilines is 2. The van der Waals surface area contributed by atoms with Crippen molar-refractivity contribution in [3.63, 3.8) is 0 Å². The molecule has 0 radical (unpaired) electrons. The Morgan fingerprint density at radius 1 is 1.21 bits per heavy atom. The molecule has 0 unspecified atom stereocenters. The Hall–Kier alpha value is -3.27. The number of benzene rings is 1. The first kappa shape index (κ1) is 22.9. The van der Waals surface area contributed by atoms with Crippen LogP contribution in [0.5, 0.6) is 0 Å². The predicted molar refractivity (Wildman–Crippen MR) is 130 cm³/mol. The highest BCUT2D eigenvalue weighted by molar-refractivity contribution is 7.22. The highest BCUT2D eigenvalue weighted by atomic mass is 32.1. The summed E-state index contributed by atoms with van der Waals surface area (Å²) in [4.78, 5) is 48.6. The van der Waals surface area contributed by atoms with Crippen molar-refractivity contribution in [2.45, 2.75) is 40.2 Å². The molecule has 3 aromatic rings. The zero-order chi connectivity index (χ0) is 23.5. The average molecular weight is 469 g/mol. The van der Waals surface area contributed by atoms with E-state index in [4.69, 9.17) is 0 Å². The van der Waals surface area contributed by atoms with Gasteiger partial charge in [0.25, 0.3) is 5.56 Å². The lowest BCUT2D eigenvalue weighted by molar-refractivity contribution is -0.125. The average Bonchev–Trinajstić information content (AvgIpc) is 3.24. The van der Waals surface area contributed by atoms with E-state index in [9.17, 15) is 14.4 Å². The van der Waals surface area contributed by atoms with Gasteiger partial charge in [-0.3, -0.25) is 19.0 Å². The van der Waals surface area contributed by atoms with Crippen LogP contribution in [-0.4, -0.2) is 46.0 Å². The Bertz CT molecular complexity index is 1240. The summed E-state index contributed by atoms with van der Waals surface area (Å²) in [5.74, 6) is -0.171. The lowest BCUT2D eigenvalue weighted by atomic mass is 9.96. The van der Waals surface area contributed by atoms with E-state index in [1.54, 1.807) is 0 Å². The maximum atomic E-state index is 13.0. The van der Waals surface area contributed by atoms with Crippen molar-refractivity contribution in [1.29, 1.82) is 0 Å². The Labute approximate surface area is 195 Å². The van der Waals surface area contributed by atoms with Gasteiger partial charge >= 0.3 is 0 Å². The molecule has 2 aromatic heterocycles. The molecular formula is C23H28N6O3S. The van der Waals surface area contributed by atoms with E-state index < -0.39 is 0 Å². The van der Waals surface area contributed by atoms with Crippen LogP contribution < -0.4 is 21.1 Å². The van der Waals surface area contributed by atoms with Crippen molar-refractivity contribution < 1.29 is 9.59 Å². The zero-order valence-electron chi connectivity index (χ0n) is 19.1. The van der Waals surface area contributed by atoms with Gasteiger partial charge < -0.3 is 15.5 Å². The normalized spacial score (nSPS) is 14.5. The number of aromatic nitrogens is 3. The van der Waals surface area contributed by atoms with Crippen molar-refractivity contribution in [1.82, 2.24) is 19.9 Å². The molecule has 1 fully saturated rings. The van der Waals surface area contributed by atoms with Gasteiger partial charge in [0, 0.05) is 31.2 Å². The molecule has 0 atom stereocenters. The maximum absolute atomic E-state index is 13.0. The lowest BCUT2D eigenvalue weighted by Gasteiger charge is -2.30. The van der Waals surface area contributed by atoms with E-state index in [2.05, 4.69) is 25.5 Å². The minimum atomic E-state index is -0.288. The molecule has 174 valence electrons. The molecule has 10 heteroatoms. The number of amides is 2. The number of fused-ring (bicyclic) bond motifs is 1. The second-order valence-corrected chi connectivity index (χ2v) is 9.33. The number of rotatable bonds is 6. The number of hydrogen-bond acceptors (Lipinski definition) is 7. The van der Waals surface area contributed by atoms with Gasteiger partial charge in [-0.2, -0.15) is 4.98 Å². The van der Waals surface area contributed by atoms with Gasteiger partial charge in [0.1, 0.15) is 17.6 Å². The fraction of sp³-hybridized carbons (Fsp3) is 0.435. The minimum Gasteiger partial charge on any atom is -0.356 e. The van der Waals surface area contributed by atoms with Crippen molar-refractivity contribution in [2.24, 2.45) is 5.92 Å². The molecule has 1 saturated heterocycles. The molecule has 3 heterocycles. The van der Waals surface area contributed by atoms with Crippen molar-refractivity contribution in [3.8, 4) is 0 Å². The molecule has 0 saturated carbocycles. The van der Waals surface area contributed by atoms with Crippen LogP contribution in [0, 0.1) is 19.8 Å². The fourth-order valence-electron chi connectivity index (χ4n) is 3.95. The van der Waals surface area contributed by atoms with E-state index in [-0.39, 0.29) is 29.8 Å². The highest BCUT2D eigenvalue weighted by Crippen LogP contribution is 2.29. The third-order valence-electron chi connectivity index (χ3n) is 5.84. The Balaban J connectivity index is 1.46. The molecule has 2 N–H and O–H groups in total. The molecule has 0 bridgehead atoms. The predicted octanol–water partition coefficient (Wildman–Crippen LogP) is 2.46. The van der Waals surface area contributed by atoms with Gasteiger partial charge in [0.15, 0.2) is 10.8 Å². The topological polar surface area (TPSA) is 109 Å². The van der Waals surface area contributed by atoms with E-state index in [1.807, 2.05) is 39.0 Å². The van der Waals surface area contributed by atoms with Crippen LogP contribution in [-0.2, 0) is 16.1 Å². The van der Waals surface area contributed by atoms with Crippen LogP contribution in [0.25, 0.3) is 10.3 Å². The highest BCUT2D eigenvalue weighted by Gasteiger charge is 2.26. The monoisotopic (exact) mass is 468 g/mol. The molecule has 9 nitrogen and oxygen atoms in total. The molecule has 0 spiro atoms. The van der Waals surface area contributed by atoms with Gasteiger partial charge in [0.05, 0.1) is 0 Å². The molecule has 1 aliphatic heterocycles. The molecule has 1 aromatic carbocycles. The van der Waals surface area contributed by atoms with Crippen molar-refractivity contribution >= 4 is 44.3 Å². The Kier molecular flexibility index (Phi) is 6.73. The number of hydrogen-bond donors (Lipinski definition) is 2. The van der Waals surface area contributed by atoms with Gasteiger partial charge in [-0.25, -0.2) is 4.98 Å². The SMILES string of the molecule is CCNC(=O)C1CCN(c2nc3ncn(CC(=O)Nc4cc(C)ccc4C)c(=O)c3s2)CC1. The van der Waals surface area contributed by atoms with Gasteiger partial charge in [-0.15, -0.1) is 0 Å². The number of aryl methyl sites for hydroxylation is 2. The van der Waals surface area contributed by atoms with Crippen LogP contribution in [0.2, 0.25) is 0 Å². The maximum Gasteiger partial charge on any atom is 0.273 e. The van der Waals surface area contributed by atoms with E-state index >= 15 is 0 Å². The second kappa shape index (κ2) is 9.70. The summed E-state index contributed by atoms with van der Waals surface area (Å²) in [6.45, 7) is 7.72. The molecule has 2 amide bonds. The lowest BCUT2D eigenvalue weighted by Crippen LogP contribution is -2.40. The second-order valence-electron chi connectivity index (χ2n) is 8.35. The molecule has 4 rings (SSSR count). The molecule has 1 aliphatic rings. The van der Waals surface area contributed by atoms with E-state index in [0.29, 0.717) is 30.0 Å². The fourth-order valence-corrected chi connectivity index (χ4v) is 4.97. The van der Waals surface area contributed by atoms with Crippen LogP contribution in [0.3, 0.4) is 0 Å². The van der Waals surface area contributed by atoms with Gasteiger partial charge in [0.2, 0.25) is 11.8 Å². The summed E-state index contributed by atoms with van der Waals surface area (Å²) in [5, 5.41) is 6.48.